The molecule has 0 saturated carbocycles. The number of carbonyl (C=O) groups excluding carboxylic acids is 2. The van der Waals surface area contributed by atoms with Crippen molar-refractivity contribution in [2.75, 3.05) is 17.7 Å². The highest BCUT2D eigenvalue weighted by atomic mass is 16.5. The number of carbonyl (C=O) groups is 2. The van der Waals surface area contributed by atoms with Gasteiger partial charge in [0.2, 0.25) is 5.91 Å². The first kappa shape index (κ1) is 20.5. The quantitative estimate of drug-likeness (QED) is 0.700. The fourth-order valence-corrected chi connectivity index (χ4v) is 2.43. The van der Waals surface area contributed by atoms with Gasteiger partial charge in [-0.25, -0.2) is 0 Å². The van der Waals surface area contributed by atoms with Gasteiger partial charge in [-0.05, 0) is 49.2 Å². The number of amides is 2. The van der Waals surface area contributed by atoms with Gasteiger partial charge in [0.1, 0.15) is 11.9 Å². The van der Waals surface area contributed by atoms with E-state index in [1.54, 1.807) is 38.3 Å². The van der Waals surface area contributed by atoms with Gasteiger partial charge >= 0.3 is 0 Å². The molecule has 0 spiro atoms. The molecule has 0 aromatic heterocycles. The van der Waals surface area contributed by atoms with Crippen molar-refractivity contribution in [2.24, 2.45) is 0 Å². The summed E-state index contributed by atoms with van der Waals surface area (Å²) in [4.78, 5) is 24.0. The second-order valence-corrected chi connectivity index (χ2v) is 6.17. The van der Waals surface area contributed by atoms with Crippen LogP contribution in [-0.2, 0) is 20.9 Å². The highest BCUT2D eigenvalue weighted by Crippen LogP contribution is 2.17. The van der Waals surface area contributed by atoms with Gasteiger partial charge in [-0.15, -0.1) is 0 Å². The Kier molecular flexibility index (Phi) is 7.82. The van der Waals surface area contributed by atoms with Crippen LogP contribution in [0.1, 0.15) is 32.3 Å². The van der Waals surface area contributed by atoms with Crippen LogP contribution in [0.3, 0.4) is 0 Å². The van der Waals surface area contributed by atoms with Gasteiger partial charge in [-0.3, -0.25) is 9.59 Å². The Labute approximate surface area is 159 Å². The maximum absolute atomic E-state index is 12.3. The third-order valence-electron chi connectivity index (χ3n) is 3.89. The Bertz CT molecular complexity index is 776. The first-order chi connectivity index (χ1) is 13.0. The van der Waals surface area contributed by atoms with E-state index in [1.807, 2.05) is 31.2 Å². The molecule has 0 aliphatic rings. The number of rotatable bonds is 9. The SMILES string of the molecule is CCCC(=O)Nc1cccc(NC(=O)C(C)OCc2cccc(OC)c2)c1. The second kappa shape index (κ2) is 10.3. The zero-order valence-corrected chi connectivity index (χ0v) is 16.0. The maximum atomic E-state index is 12.3. The predicted molar refractivity (Wildman–Crippen MR) is 106 cm³/mol. The van der Waals surface area contributed by atoms with Crippen LogP contribution in [0.25, 0.3) is 0 Å². The molecule has 2 aromatic carbocycles. The second-order valence-electron chi connectivity index (χ2n) is 6.17. The molecule has 27 heavy (non-hydrogen) atoms. The lowest BCUT2D eigenvalue weighted by Gasteiger charge is -2.14. The van der Waals surface area contributed by atoms with Crippen LogP contribution >= 0.6 is 0 Å². The normalized spacial score (nSPS) is 11.5. The van der Waals surface area contributed by atoms with Crippen LogP contribution in [0.2, 0.25) is 0 Å². The van der Waals surface area contributed by atoms with Crippen LogP contribution in [-0.4, -0.2) is 25.0 Å². The third kappa shape index (κ3) is 6.75. The summed E-state index contributed by atoms with van der Waals surface area (Å²) in [6.07, 6.45) is 0.616. The summed E-state index contributed by atoms with van der Waals surface area (Å²) < 4.78 is 10.8. The molecule has 6 heteroatoms. The van der Waals surface area contributed by atoms with Gasteiger partial charge in [-0.2, -0.15) is 0 Å². The number of ether oxygens (including phenoxy) is 2. The van der Waals surface area contributed by atoms with E-state index in [1.165, 1.54) is 0 Å². The van der Waals surface area contributed by atoms with Crippen molar-refractivity contribution in [2.45, 2.75) is 39.4 Å². The Morgan fingerprint density at radius 1 is 1.04 bits per heavy atom. The molecule has 0 saturated heterocycles. The number of hydrogen-bond acceptors (Lipinski definition) is 4. The fraction of sp³-hybridized carbons (Fsp3) is 0.333. The van der Waals surface area contributed by atoms with Gasteiger partial charge in [0.15, 0.2) is 0 Å². The molecular weight excluding hydrogens is 344 g/mol. The molecule has 0 fully saturated rings. The summed E-state index contributed by atoms with van der Waals surface area (Å²) in [5, 5.41) is 5.62. The molecule has 0 bridgehead atoms. The standard InChI is InChI=1S/C21H26N2O4/c1-4-7-20(24)22-17-9-6-10-18(13-17)23-21(25)15(2)27-14-16-8-5-11-19(12-16)26-3/h5-6,8-13,15H,4,7,14H2,1-3H3,(H,22,24)(H,23,25). The topological polar surface area (TPSA) is 76.7 Å². The molecular formula is C21H26N2O4. The largest absolute Gasteiger partial charge is 0.497 e. The van der Waals surface area contributed by atoms with Crippen LogP contribution < -0.4 is 15.4 Å². The monoisotopic (exact) mass is 370 g/mol. The van der Waals surface area contributed by atoms with E-state index in [9.17, 15) is 9.59 Å². The molecule has 0 aliphatic heterocycles. The van der Waals surface area contributed by atoms with Crippen molar-refractivity contribution in [3.05, 3.63) is 54.1 Å². The van der Waals surface area contributed by atoms with E-state index in [4.69, 9.17) is 9.47 Å². The average molecular weight is 370 g/mol. The van der Waals surface area contributed by atoms with E-state index in [0.717, 1.165) is 17.7 Å². The van der Waals surface area contributed by atoms with Crippen LogP contribution in [0.15, 0.2) is 48.5 Å². The summed E-state index contributed by atoms with van der Waals surface area (Å²) >= 11 is 0. The molecule has 1 atom stereocenters. The van der Waals surface area contributed by atoms with Crippen molar-refractivity contribution < 1.29 is 19.1 Å². The van der Waals surface area contributed by atoms with Crippen LogP contribution in [0, 0.1) is 0 Å². The van der Waals surface area contributed by atoms with E-state index in [2.05, 4.69) is 10.6 Å². The molecule has 0 aliphatic carbocycles. The number of anilines is 2. The summed E-state index contributed by atoms with van der Waals surface area (Å²) in [6, 6.07) is 14.6. The summed E-state index contributed by atoms with van der Waals surface area (Å²) in [5.41, 5.74) is 2.18. The molecule has 2 rings (SSSR count). The van der Waals surface area contributed by atoms with Crippen molar-refractivity contribution >= 4 is 23.2 Å². The van der Waals surface area contributed by atoms with Gasteiger partial charge < -0.3 is 20.1 Å². The molecule has 2 aromatic rings. The van der Waals surface area contributed by atoms with Crippen molar-refractivity contribution in [3.8, 4) is 5.75 Å². The lowest BCUT2D eigenvalue weighted by Crippen LogP contribution is -2.27. The van der Waals surface area contributed by atoms with Gasteiger partial charge in [0.05, 0.1) is 13.7 Å². The summed E-state index contributed by atoms with van der Waals surface area (Å²) in [7, 11) is 1.61. The van der Waals surface area contributed by atoms with E-state index in [-0.39, 0.29) is 11.8 Å². The third-order valence-corrected chi connectivity index (χ3v) is 3.89. The molecule has 0 radical (unpaired) electrons. The van der Waals surface area contributed by atoms with Crippen LogP contribution in [0.4, 0.5) is 11.4 Å². The van der Waals surface area contributed by atoms with E-state index >= 15 is 0 Å². The van der Waals surface area contributed by atoms with Crippen molar-refractivity contribution in [3.63, 3.8) is 0 Å². The zero-order valence-electron chi connectivity index (χ0n) is 16.0. The maximum Gasteiger partial charge on any atom is 0.253 e. The van der Waals surface area contributed by atoms with Crippen molar-refractivity contribution in [1.82, 2.24) is 0 Å². The van der Waals surface area contributed by atoms with Gasteiger partial charge in [-0.1, -0.05) is 25.1 Å². The fourth-order valence-electron chi connectivity index (χ4n) is 2.43. The van der Waals surface area contributed by atoms with Gasteiger partial charge in [0.25, 0.3) is 5.91 Å². The molecule has 144 valence electrons. The Balaban J connectivity index is 1.89. The molecule has 1 unspecified atom stereocenters. The van der Waals surface area contributed by atoms with E-state index < -0.39 is 6.10 Å². The summed E-state index contributed by atoms with van der Waals surface area (Å²) in [6.45, 7) is 3.95. The summed E-state index contributed by atoms with van der Waals surface area (Å²) in [5.74, 6) is 0.445. The Hall–Kier alpha value is -2.86. The van der Waals surface area contributed by atoms with Crippen molar-refractivity contribution in [1.29, 1.82) is 0 Å². The first-order valence-electron chi connectivity index (χ1n) is 8.97. The minimum atomic E-state index is -0.630. The lowest BCUT2D eigenvalue weighted by atomic mass is 10.2. The number of methoxy groups -OCH3 is 1. The molecule has 2 amide bonds. The number of nitrogens with one attached hydrogen (secondary N) is 2. The first-order valence-corrected chi connectivity index (χ1v) is 8.97. The lowest BCUT2D eigenvalue weighted by molar-refractivity contribution is -0.127. The number of benzene rings is 2. The predicted octanol–water partition coefficient (Wildman–Crippen LogP) is 3.98. The van der Waals surface area contributed by atoms with E-state index in [0.29, 0.717) is 24.4 Å². The highest BCUT2D eigenvalue weighted by Gasteiger charge is 2.14. The van der Waals surface area contributed by atoms with Gasteiger partial charge in [0, 0.05) is 17.8 Å². The smallest absolute Gasteiger partial charge is 0.253 e. The minimum Gasteiger partial charge on any atom is -0.497 e. The number of hydrogen-bond donors (Lipinski definition) is 2. The molecule has 2 N–H and O–H groups in total. The average Bonchev–Trinajstić information content (AvgIpc) is 2.66. The highest BCUT2D eigenvalue weighted by molar-refractivity contribution is 5.95. The Morgan fingerprint density at radius 2 is 1.74 bits per heavy atom. The Morgan fingerprint density at radius 3 is 2.44 bits per heavy atom. The van der Waals surface area contributed by atoms with Crippen LogP contribution in [0.5, 0.6) is 5.75 Å². The zero-order chi connectivity index (χ0) is 19.6. The molecule has 6 nitrogen and oxygen atoms in total. The minimum absolute atomic E-state index is 0.0454. The molecule has 0 heterocycles.